The minimum atomic E-state index is -3.57. The number of hydrogen-bond donors (Lipinski definition) is 1. The molecule has 0 atom stereocenters. The minimum Gasteiger partial charge on any atom is -0.481 e. The van der Waals surface area contributed by atoms with Crippen molar-refractivity contribution in [1.82, 2.24) is 4.31 Å². The highest BCUT2D eigenvalue weighted by molar-refractivity contribution is 7.89. The van der Waals surface area contributed by atoms with Crippen molar-refractivity contribution >= 4 is 16.0 Å². The summed E-state index contributed by atoms with van der Waals surface area (Å²) < 4.78 is 26.7. The zero-order valence-electron chi connectivity index (χ0n) is 13.6. The summed E-state index contributed by atoms with van der Waals surface area (Å²) in [5, 5.41) is 9.57. The van der Waals surface area contributed by atoms with Crippen LogP contribution in [0.25, 0.3) is 0 Å². The SMILES string of the molecule is C=C(C)CC1(C(=O)O)CCN(S(=O)(=O)c2ccc(C)cc2)CC1. The van der Waals surface area contributed by atoms with Crippen molar-refractivity contribution in [2.45, 2.75) is 38.0 Å². The van der Waals surface area contributed by atoms with Crippen LogP contribution in [0, 0.1) is 12.3 Å². The van der Waals surface area contributed by atoms with Gasteiger partial charge in [0.15, 0.2) is 0 Å². The highest BCUT2D eigenvalue weighted by Gasteiger charge is 2.43. The standard InChI is InChI=1S/C17H23NO4S/c1-13(2)12-17(16(19)20)8-10-18(11-9-17)23(21,22)15-6-4-14(3)5-7-15/h4-7H,1,8-12H2,2-3H3,(H,19,20). The Bertz CT molecular complexity index is 699. The molecule has 0 saturated carbocycles. The van der Waals surface area contributed by atoms with Crippen molar-refractivity contribution in [3.8, 4) is 0 Å². The molecule has 0 aliphatic carbocycles. The van der Waals surface area contributed by atoms with Gasteiger partial charge in [0.25, 0.3) is 0 Å². The second-order valence-electron chi connectivity index (χ2n) is 6.44. The lowest BCUT2D eigenvalue weighted by Crippen LogP contribution is -2.46. The monoisotopic (exact) mass is 337 g/mol. The average Bonchev–Trinajstić information content (AvgIpc) is 2.47. The first-order valence-corrected chi connectivity index (χ1v) is 9.06. The third-order valence-electron chi connectivity index (χ3n) is 4.43. The second kappa shape index (κ2) is 6.45. The smallest absolute Gasteiger partial charge is 0.310 e. The van der Waals surface area contributed by atoms with Gasteiger partial charge in [-0.05, 0) is 45.2 Å². The predicted molar refractivity (Wildman–Crippen MR) is 88.7 cm³/mol. The van der Waals surface area contributed by atoms with Crippen LogP contribution in [-0.4, -0.2) is 36.9 Å². The summed E-state index contributed by atoms with van der Waals surface area (Å²) >= 11 is 0. The van der Waals surface area contributed by atoms with Crippen molar-refractivity contribution in [3.05, 3.63) is 42.0 Å². The number of sulfonamides is 1. The van der Waals surface area contributed by atoms with E-state index >= 15 is 0 Å². The maximum atomic E-state index is 12.7. The molecule has 1 aromatic carbocycles. The lowest BCUT2D eigenvalue weighted by Gasteiger charge is -2.38. The predicted octanol–water partition coefficient (Wildman–Crippen LogP) is 2.82. The van der Waals surface area contributed by atoms with E-state index < -0.39 is 21.4 Å². The lowest BCUT2D eigenvalue weighted by molar-refractivity contribution is -0.151. The van der Waals surface area contributed by atoms with Gasteiger partial charge in [-0.1, -0.05) is 23.3 Å². The highest BCUT2D eigenvalue weighted by Crippen LogP contribution is 2.39. The number of nitrogens with zero attached hydrogens (tertiary/aromatic N) is 1. The van der Waals surface area contributed by atoms with Crippen molar-refractivity contribution in [2.24, 2.45) is 5.41 Å². The van der Waals surface area contributed by atoms with E-state index in [1.165, 1.54) is 4.31 Å². The summed E-state index contributed by atoms with van der Waals surface area (Å²) in [5.41, 5.74) is 0.904. The fraction of sp³-hybridized carbons (Fsp3) is 0.471. The van der Waals surface area contributed by atoms with Gasteiger partial charge in [-0.15, -0.1) is 6.58 Å². The largest absolute Gasteiger partial charge is 0.481 e. The zero-order chi connectivity index (χ0) is 17.3. The number of hydrogen-bond acceptors (Lipinski definition) is 3. The van der Waals surface area contributed by atoms with E-state index in [4.69, 9.17) is 0 Å². The van der Waals surface area contributed by atoms with E-state index in [-0.39, 0.29) is 18.0 Å². The Hall–Kier alpha value is -1.66. The molecule has 1 heterocycles. The number of benzene rings is 1. The third-order valence-corrected chi connectivity index (χ3v) is 6.34. The van der Waals surface area contributed by atoms with Gasteiger partial charge in [-0.3, -0.25) is 4.79 Å². The Morgan fingerprint density at radius 1 is 1.26 bits per heavy atom. The fourth-order valence-electron chi connectivity index (χ4n) is 3.06. The molecule has 126 valence electrons. The van der Waals surface area contributed by atoms with Gasteiger partial charge in [-0.2, -0.15) is 4.31 Å². The van der Waals surface area contributed by atoms with Gasteiger partial charge in [0.2, 0.25) is 10.0 Å². The van der Waals surface area contributed by atoms with Crippen LogP contribution in [0.15, 0.2) is 41.3 Å². The first-order chi connectivity index (χ1) is 10.7. The summed E-state index contributed by atoms with van der Waals surface area (Å²) in [7, 11) is -3.57. The topological polar surface area (TPSA) is 74.7 Å². The number of carboxylic acid groups (broad SMARTS) is 1. The fourth-order valence-corrected chi connectivity index (χ4v) is 4.50. The third kappa shape index (κ3) is 3.64. The molecule has 0 radical (unpaired) electrons. The van der Waals surface area contributed by atoms with E-state index in [0.29, 0.717) is 19.3 Å². The van der Waals surface area contributed by atoms with Crippen molar-refractivity contribution in [2.75, 3.05) is 13.1 Å². The van der Waals surface area contributed by atoms with Crippen LogP contribution in [0.3, 0.4) is 0 Å². The highest BCUT2D eigenvalue weighted by atomic mass is 32.2. The van der Waals surface area contributed by atoms with Crippen LogP contribution in [-0.2, 0) is 14.8 Å². The molecular formula is C17H23NO4S. The Morgan fingerprint density at radius 3 is 2.22 bits per heavy atom. The Labute approximate surface area is 137 Å². The molecule has 6 heteroatoms. The van der Waals surface area contributed by atoms with Gasteiger partial charge in [0, 0.05) is 13.1 Å². The van der Waals surface area contributed by atoms with Crippen LogP contribution < -0.4 is 0 Å². The van der Waals surface area contributed by atoms with Crippen LogP contribution in [0.5, 0.6) is 0 Å². The number of rotatable bonds is 5. The molecule has 1 aliphatic heterocycles. The van der Waals surface area contributed by atoms with Gasteiger partial charge >= 0.3 is 5.97 Å². The summed E-state index contributed by atoms with van der Waals surface area (Å²) in [6.07, 6.45) is 1.00. The molecule has 1 N–H and O–H groups in total. The van der Waals surface area contributed by atoms with Gasteiger partial charge in [-0.25, -0.2) is 8.42 Å². The first-order valence-electron chi connectivity index (χ1n) is 7.62. The van der Waals surface area contributed by atoms with Crippen LogP contribution in [0.2, 0.25) is 0 Å². The zero-order valence-corrected chi connectivity index (χ0v) is 14.4. The number of allylic oxidation sites excluding steroid dienone is 1. The second-order valence-corrected chi connectivity index (χ2v) is 8.37. The van der Waals surface area contributed by atoms with E-state index in [9.17, 15) is 18.3 Å². The number of aliphatic carboxylic acids is 1. The number of piperidine rings is 1. The molecule has 0 unspecified atom stereocenters. The summed E-state index contributed by atoms with van der Waals surface area (Å²) in [5.74, 6) is -0.868. The molecule has 0 aromatic heterocycles. The molecule has 23 heavy (non-hydrogen) atoms. The quantitative estimate of drug-likeness (QED) is 0.838. The van der Waals surface area contributed by atoms with Gasteiger partial charge in [0.1, 0.15) is 0 Å². The Kier molecular flexibility index (Phi) is 4.96. The number of carbonyl (C=O) groups is 1. The van der Waals surface area contributed by atoms with Crippen molar-refractivity contribution < 1.29 is 18.3 Å². The van der Waals surface area contributed by atoms with Crippen LogP contribution in [0.4, 0.5) is 0 Å². The molecule has 1 saturated heterocycles. The van der Waals surface area contributed by atoms with E-state index in [0.717, 1.165) is 11.1 Å². The van der Waals surface area contributed by atoms with Crippen LogP contribution in [0.1, 0.15) is 31.7 Å². The molecule has 2 rings (SSSR count). The normalized spacial score (nSPS) is 18.5. The lowest BCUT2D eigenvalue weighted by atomic mass is 9.74. The van der Waals surface area contributed by atoms with Gasteiger partial charge < -0.3 is 5.11 Å². The summed E-state index contributed by atoms with van der Waals surface area (Å²) in [6, 6.07) is 6.72. The molecule has 1 aromatic rings. The molecule has 0 spiro atoms. The first kappa shape index (κ1) is 17.7. The van der Waals surface area contributed by atoms with E-state index in [2.05, 4.69) is 6.58 Å². The average molecular weight is 337 g/mol. The molecule has 5 nitrogen and oxygen atoms in total. The van der Waals surface area contributed by atoms with Crippen molar-refractivity contribution in [1.29, 1.82) is 0 Å². The maximum absolute atomic E-state index is 12.7. The van der Waals surface area contributed by atoms with E-state index in [1.807, 2.05) is 6.92 Å². The number of aryl methyl sites for hydroxylation is 1. The van der Waals surface area contributed by atoms with Gasteiger partial charge in [0.05, 0.1) is 10.3 Å². The molecule has 0 bridgehead atoms. The molecule has 0 amide bonds. The minimum absolute atomic E-state index is 0.218. The van der Waals surface area contributed by atoms with E-state index in [1.54, 1.807) is 31.2 Å². The Morgan fingerprint density at radius 2 is 1.78 bits per heavy atom. The molecule has 1 aliphatic rings. The molecular weight excluding hydrogens is 314 g/mol. The van der Waals surface area contributed by atoms with Crippen molar-refractivity contribution in [3.63, 3.8) is 0 Å². The maximum Gasteiger partial charge on any atom is 0.310 e. The summed E-state index contributed by atoms with van der Waals surface area (Å²) in [4.78, 5) is 11.9. The molecule has 1 fully saturated rings. The number of carboxylic acids is 1. The van der Waals surface area contributed by atoms with Crippen LogP contribution >= 0.6 is 0 Å². The Balaban J connectivity index is 2.18. The summed E-state index contributed by atoms with van der Waals surface area (Å²) in [6.45, 7) is 7.95.